The lowest BCUT2D eigenvalue weighted by molar-refractivity contribution is 0.263. The number of aryl methyl sites for hydroxylation is 1. The molecule has 29 heavy (non-hydrogen) atoms. The van der Waals surface area contributed by atoms with E-state index in [-0.39, 0.29) is 5.75 Å². The molecule has 158 valence electrons. The molecule has 0 saturated carbocycles. The van der Waals surface area contributed by atoms with Gasteiger partial charge in [0, 0.05) is 25.4 Å². The summed E-state index contributed by atoms with van der Waals surface area (Å²) in [5.74, 6) is 2.05. The van der Waals surface area contributed by atoms with Gasteiger partial charge in [0.15, 0.2) is 0 Å². The van der Waals surface area contributed by atoms with Crippen LogP contribution in [0.1, 0.15) is 30.4 Å². The van der Waals surface area contributed by atoms with E-state index in [1.165, 1.54) is 11.8 Å². The second kappa shape index (κ2) is 9.78. The summed E-state index contributed by atoms with van der Waals surface area (Å²) in [6, 6.07) is 9.25. The number of sulfonamides is 1. The monoisotopic (exact) mass is 438 g/mol. The van der Waals surface area contributed by atoms with Crippen LogP contribution < -0.4 is 9.47 Å². The first-order chi connectivity index (χ1) is 13.9. The molecular weight excluding hydrogens is 412 g/mol. The minimum Gasteiger partial charge on any atom is -0.497 e. The Kier molecular flexibility index (Phi) is 7.38. The standard InChI is InChI=1S/C21H27ClN2O4S/c1-27-19-11-17(12-20(13-19)28-2)4-3-16-7-9-24(10-8-16)29(25,26)15-18-5-6-21(22)23-14-18/h5-6,11-14,16H,3-4,7-10,15H2,1-2H3. The summed E-state index contributed by atoms with van der Waals surface area (Å²) in [5, 5.41) is 0.362. The van der Waals surface area contributed by atoms with E-state index in [1.807, 2.05) is 18.2 Å². The van der Waals surface area contributed by atoms with Crippen LogP contribution in [0.15, 0.2) is 36.5 Å². The first kappa shape index (κ1) is 21.9. The molecule has 1 aromatic heterocycles. The van der Waals surface area contributed by atoms with Gasteiger partial charge in [-0.2, -0.15) is 0 Å². The van der Waals surface area contributed by atoms with E-state index in [0.29, 0.717) is 29.7 Å². The van der Waals surface area contributed by atoms with Gasteiger partial charge >= 0.3 is 0 Å². The predicted octanol–water partition coefficient (Wildman–Crippen LogP) is 3.93. The maximum absolute atomic E-state index is 12.7. The Morgan fingerprint density at radius 1 is 1.07 bits per heavy atom. The van der Waals surface area contributed by atoms with Crippen molar-refractivity contribution in [2.45, 2.75) is 31.4 Å². The summed E-state index contributed by atoms with van der Waals surface area (Å²) >= 11 is 5.77. The maximum atomic E-state index is 12.7. The minimum absolute atomic E-state index is 0.0363. The molecule has 3 rings (SSSR count). The van der Waals surface area contributed by atoms with E-state index in [1.54, 1.807) is 30.7 Å². The zero-order valence-corrected chi connectivity index (χ0v) is 18.4. The zero-order valence-electron chi connectivity index (χ0n) is 16.8. The number of benzene rings is 1. The van der Waals surface area contributed by atoms with Crippen LogP contribution in [0, 0.1) is 5.92 Å². The van der Waals surface area contributed by atoms with Crippen molar-refractivity contribution in [2.24, 2.45) is 5.92 Å². The van der Waals surface area contributed by atoms with Crippen molar-refractivity contribution in [1.29, 1.82) is 0 Å². The number of rotatable bonds is 8. The van der Waals surface area contributed by atoms with E-state index in [0.717, 1.165) is 37.2 Å². The number of ether oxygens (including phenoxy) is 2. The maximum Gasteiger partial charge on any atom is 0.218 e. The van der Waals surface area contributed by atoms with Crippen LogP contribution in [0.2, 0.25) is 5.15 Å². The van der Waals surface area contributed by atoms with Crippen molar-refractivity contribution < 1.29 is 17.9 Å². The highest BCUT2D eigenvalue weighted by Crippen LogP contribution is 2.28. The first-order valence-corrected chi connectivity index (χ1v) is 11.7. The molecule has 0 amide bonds. The van der Waals surface area contributed by atoms with Gasteiger partial charge < -0.3 is 9.47 Å². The number of piperidine rings is 1. The lowest BCUT2D eigenvalue weighted by atomic mass is 9.91. The molecule has 1 saturated heterocycles. The van der Waals surface area contributed by atoms with Gasteiger partial charge in [0.25, 0.3) is 0 Å². The Morgan fingerprint density at radius 3 is 2.28 bits per heavy atom. The van der Waals surface area contributed by atoms with E-state index in [4.69, 9.17) is 21.1 Å². The third-order valence-electron chi connectivity index (χ3n) is 5.36. The molecular formula is C21H27ClN2O4S. The fraction of sp³-hybridized carbons (Fsp3) is 0.476. The lowest BCUT2D eigenvalue weighted by Gasteiger charge is -2.31. The molecule has 1 aromatic carbocycles. The van der Waals surface area contributed by atoms with Crippen molar-refractivity contribution >= 4 is 21.6 Å². The van der Waals surface area contributed by atoms with Crippen LogP contribution in [0.25, 0.3) is 0 Å². The number of hydrogen-bond acceptors (Lipinski definition) is 5. The van der Waals surface area contributed by atoms with Gasteiger partial charge in [-0.25, -0.2) is 17.7 Å². The highest BCUT2D eigenvalue weighted by molar-refractivity contribution is 7.88. The second-order valence-corrected chi connectivity index (χ2v) is 9.70. The summed E-state index contributed by atoms with van der Waals surface area (Å²) in [7, 11) is -0.0453. The molecule has 8 heteroatoms. The molecule has 6 nitrogen and oxygen atoms in total. The number of halogens is 1. The Balaban J connectivity index is 1.52. The summed E-state index contributed by atoms with van der Waals surface area (Å²) in [4.78, 5) is 3.96. The van der Waals surface area contributed by atoms with Crippen LogP contribution in [-0.2, 0) is 22.2 Å². The third-order valence-corrected chi connectivity index (χ3v) is 7.43. The average molecular weight is 439 g/mol. The SMILES string of the molecule is COc1cc(CCC2CCN(S(=O)(=O)Cc3ccc(Cl)nc3)CC2)cc(OC)c1. The molecule has 0 unspecified atom stereocenters. The van der Waals surface area contributed by atoms with Crippen molar-refractivity contribution in [1.82, 2.24) is 9.29 Å². The zero-order chi connectivity index (χ0) is 20.9. The second-order valence-electron chi connectivity index (χ2n) is 7.35. The molecule has 0 atom stereocenters. The quantitative estimate of drug-likeness (QED) is 0.584. The van der Waals surface area contributed by atoms with E-state index < -0.39 is 10.0 Å². The van der Waals surface area contributed by atoms with Gasteiger partial charge in [-0.1, -0.05) is 17.7 Å². The van der Waals surface area contributed by atoms with Crippen molar-refractivity contribution in [3.63, 3.8) is 0 Å². The molecule has 0 aliphatic carbocycles. The molecule has 1 aliphatic rings. The smallest absolute Gasteiger partial charge is 0.218 e. The third kappa shape index (κ3) is 6.07. The van der Waals surface area contributed by atoms with Gasteiger partial charge in [-0.3, -0.25) is 0 Å². The predicted molar refractivity (Wildman–Crippen MR) is 114 cm³/mol. The largest absolute Gasteiger partial charge is 0.497 e. The molecule has 2 aromatic rings. The number of pyridine rings is 1. The summed E-state index contributed by atoms with van der Waals surface area (Å²) in [6.45, 7) is 1.13. The van der Waals surface area contributed by atoms with Crippen molar-refractivity contribution in [2.75, 3.05) is 27.3 Å². The number of aromatic nitrogens is 1. The molecule has 1 fully saturated rings. The fourth-order valence-corrected chi connectivity index (χ4v) is 5.30. The van der Waals surface area contributed by atoms with Crippen LogP contribution in [-0.4, -0.2) is 45.0 Å². The van der Waals surface area contributed by atoms with Crippen molar-refractivity contribution in [3.05, 3.63) is 52.8 Å². The van der Waals surface area contributed by atoms with Crippen molar-refractivity contribution in [3.8, 4) is 11.5 Å². The molecule has 2 heterocycles. The Bertz CT molecular complexity index is 889. The summed E-state index contributed by atoms with van der Waals surface area (Å²) in [6.07, 6.45) is 5.21. The van der Waals surface area contributed by atoms with Crippen LogP contribution in [0.5, 0.6) is 11.5 Å². The molecule has 0 spiro atoms. The highest BCUT2D eigenvalue weighted by Gasteiger charge is 2.28. The van der Waals surface area contributed by atoms with Gasteiger partial charge in [0.2, 0.25) is 10.0 Å². The average Bonchev–Trinajstić information content (AvgIpc) is 2.73. The lowest BCUT2D eigenvalue weighted by Crippen LogP contribution is -2.39. The van der Waals surface area contributed by atoms with Gasteiger partial charge in [-0.05, 0) is 60.9 Å². The first-order valence-electron chi connectivity index (χ1n) is 9.70. The summed E-state index contributed by atoms with van der Waals surface area (Å²) < 4.78 is 37.7. The summed E-state index contributed by atoms with van der Waals surface area (Å²) in [5.41, 5.74) is 1.83. The van der Waals surface area contributed by atoms with E-state index in [9.17, 15) is 8.42 Å². The number of methoxy groups -OCH3 is 2. The molecule has 0 bridgehead atoms. The van der Waals surface area contributed by atoms with Crippen LogP contribution in [0.3, 0.4) is 0 Å². The van der Waals surface area contributed by atoms with Crippen LogP contribution in [0.4, 0.5) is 0 Å². The van der Waals surface area contributed by atoms with Gasteiger partial charge in [-0.15, -0.1) is 0 Å². The van der Waals surface area contributed by atoms with Crippen LogP contribution >= 0.6 is 11.6 Å². The minimum atomic E-state index is -3.34. The van der Waals surface area contributed by atoms with Gasteiger partial charge in [0.1, 0.15) is 16.7 Å². The number of nitrogens with zero attached hydrogens (tertiary/aromatic N) is 2. The number of hydrogen-bond donors (Lipinski definition) is 0. The normalized spacial score (nSPS) is 16.0. The van der Waals surface area contributed by atoms with E-state index in [2.05, 4.69) is 4.98 Å². The Morgan fingerprint density at radius 2 is 1.72 bits per heavy atom. The Labute approximate surface area is 177 Å². The topological polar surface area (TPSA) is 68.7 Å². The van der Waals surface area contributed by atoms with E-state index >= 15 is 0 Å². The molecule has 0 N–H and O–H groups in total. The highest BCUT2D eigenvalue weighted by atomic mass is 35.5. The molecule has 1 aliphatic heterocycles. The van der Waals surface area contributed by atoms with Gasteiger partial charge in [0.05, 0.1) is 20.0 Å². The fourth-order valence-electron chi connectivity index (χ4n) is 3.65. The Hall–Kier alpha value is -1.83. The molecule has 0 radical (unpaired) electrons.